The summed E-state index contributed by atoms with van der Waals surface area (Å²) in [5.41, 5.74) is 4.33. The van der Waals surface area contributed by atoms with Crippen molar-refractivity contribution in [3.05, 3.63) is 40.4 Å². The maximum Gasteiger partial charge on any atom is 0.269 e. The number of hydrazone groups is 1. The van der Waals surface area contributed by atoms with Gasteiger partial charge in [0.25, 0.3) is 5.91 Å². The molecule has 1 amide bonds. The maximum atomic E-state index is 13.0. The molecule has 0 fully saturated rings. The molecule has 2 aliphatic rings. The van der Waals surface area contributed by atoms with Crippen LogP contribution in [-0.2, 0) is 4.79 Å². The van der Waals surface area contributed by atoms with Crippen LogP contribution in [0.5, 0.6) is 0 Å². The van der Waals surface area contributed by atoms with Crippen LogP contribution in [0.15, 0.2) is 40.5 Å². The number of amides is 1. The van der Waals surface area contributed by atoms with Crippen LogP contribution in [0.3, 0.4) is 0 Å². The van der Waals surface area contributed by atoms with Crippen molar-refractivity contribution in [1.82, 2.24) is 0 Å². The largest absolute Gasteiger partial charge is 0.270 e. The van der Waals surface area contributed by atoms with Gasteiger partial charge in [-0.25, -0.2) is 0 Å². The number of hydrogen-bond donors (Lipinski definition) is 0. The predicted octanol–water partition coefficient (Wildman–Crippen LogP) is 4.27. The molecule has 2 heterocycles. The zero-order valence-corrected chi connectivity index (χ0v) is 13.9. The molecule has 0 radical (unpaired) electrons. The van der Waals surface area contributed by atoms with Crippen LogP contribution < -0.4 is 5.01 Å². The van der Waals surface area contributed by atoms with Gasteiger partial charge in [-0.1, -0.05) is 22.7 Å². The second-order valence-electron chi connectivity index (χ2n) is 5.63. The van der Waals surface area contributed by atoms with Crippen molar-refractivity contribution < 1.29 is 4.79 Å². The molecule has 1 spiro atoms. The lowest BCUT2D eigenvalue weighted by Crippen LogP contribution is -2.45. The van der Waals surface area contributed by atoms with Gasteiger partial charge in [0.2, 0.25) is 0 Å². The molecule has 0 unspecified atom stereocenters. The molecule has 2 aliphatic heterocycles. The van der Waals surface area contributed by atoms with Crippen LogP contribution in [0.4, 0.5) is 5.69 Å². The standard InChI is InChI=1S/C16H17ClN2OS/c1-10-8-16(21-9-11(10)2)12(3)18-19(15(16)20)14-6-4-13(17)5-7-14/h4-7H,8-9H2,1-3H3/t16-/m1/s1. The molecule has 0 saturated heterocycles. The molecular formula is C16H17ClN2OS. The van der Waals surface area contributed by atoms with E-state index < -0.39 is 4.75 Å². The molecule has 0 N–H and O–H groups in total. The average Bonchev–Trinajstić information content (AvgIpc) is 2.69. The first kappa shape index (κ1) is 14.7. The average molecular weight is 321 g/mol. The van der Waals surface area contributed by atoms with E-state index in [0.717, 1.165) is 23.6 Å². The minimum Gasteiger partial charge on any atom is -0.270 e. The Bertz CT molecular complexity index is 665. The number of benzene rings is 1. The normalized spacial score (nSPS) is 25.8. The molecule has 1 aromatic rings. The van der Waals surface area contributed by atoms with Crippen molar-refractivity contribution in [2.24, 2.45) is 5.10 Å². The highest BCUT2D eigenvalue weighted by molar-refractivity contribution is 8.02. The summed E-state index contributed by atoms with van der Waals surface area (Å²) in [6.07, 6.45) is 0.752. The van der Waals surface area contributed by atoms with Gasteiger partial charge in [0.1, 0.15) is 4.75 Å². The van der Waals surface area contributed by atoms with Gasteiger partial charge in [-0.15, -0.1) is 11.8 Å². The van der Waals surface area contributed by atoms with Crippen LogP contribution in [0.1, 0.15) is 27.2 Å². The van der Waals surface area contributed by atoms with Gasteiger partial charge in [0.15, 0.2) is 0 Å². The van der Waals surface area contributed by atoms with Gasteiger partial charge < -0.3 is 0 Å². The summed E-state index contributed by atoms with van der Waals surface area (Å²) in [4.78, 5) is 13.0. The first-order valence-electron chi connectivity index (χ1n) is 6.89. The van der Waals surface area contributed by atoms with Gasteiger partial charge in [0.05, 0.1) is 11.4 Å². The highest BCUT2D eigenvalue weighted by Gasteiger charge is 2.51. The number of anilines is 1. The molecule has 0 bridgehead atoms. The first-order valence-corrected chi connectivity index (χ1v) is 8.25. The van der Waals surface area contributed by atoms with Gasteiger partial charge in [-0.3, -0.25) is 4.79 Å². The number of carbonyl (C=O) groups is 1. The summed E-state index contributed by atoms with van der Waals surface area (Å²) in [6, 6.07) is 7.22. The number of rotatable bonds is 1. The summed E-state index contributed by atoms with van der Waals surface area (Å²) in [7, 11) is 0. The van der Waals surface area contributed by atoms with E-state index in [9.17, 15) is 4.79 Å². The Morgan fingerprint density at radius 1 is 1.19 bits per heavy atom. The maximum absolute atomic E-state index is 13.0. The van der Waals surface area contributed by atoms with E-state index in [1.54, 1.807) is 23.9 Å². The van der Waals surface area contributed by atoms with Crippen LogP contribution in [0.25, 0.3) is 0 Å². The molecule has 110 valence electrons. The van der Waals surface area contributed by atoms with Gasteiger partial charge >= 0.3 is 0 Å². The summed E-state index contributed by atoms with van der Waals surface area (Å²) in [6.45, 7) is 6.20. The molecule has 0 aliphatic carbocycles. The molecule has 5 heteroatoms. The van der Waals surface area contributed by atoms with Crippen LogP contribution in [-0.4, -0.2) is 22.1 Å². The number of allylic oxidation sites excluding steroid dienone is 1. The van der Waals surface area contributed by atoms with Crippen molar-refractivity contribution in [2.45, 2.75) is 31.9 Å². The molecule has 3 rings (SSSR count). The van der Waals surface area contributed by atoms with Crippen molar-refractivity contribution >= 4 is 40.7 Å². The molecule has 3 nitrogen and oxygen atoms in total. The van der Waals surface area contributed by atoms with Crippen LogP contribution in [0.2, 0.25) is 5.02 Å². The fourth-order valence-corrected chi connectivity index (χ4v) is 4.27. The van der Waals surface area contributed by atoms with E-state index in [4.69, 9.17) is 11.6 Å². The monoisotopic (exact) mass is 320 g/mol. The molecule has 21 heavy (non-hydrogen) atoms. The Hall–Kier alpha value is -1.26. The number of carbonyl (C=O) groups excluding carboxylic acids is 1. The lowest BCUT2D eigenvalue weighted by atomic mass is 9.92. The van der Waals surface area contributed by atoms with E-state index in [2.05, 4.69) is 18.9 Å². The van der Waals surface area contributed by atoms with Crippen LogP contribution in [0, 0.1) is 0 Å². The fourth-order valence-electron chi connectivity index (χ4n) is 2.66. The smallest absolute Gasteiger partial charge is 0.269 e. The Kier molecular flexibility index (Phi) is 3.62. The highest BCUT2D eigenvalue weighted by Crippen LogP contribution is 2.45. The van der Waals surface area contributed by atoms with E-state index >= 15 is 0 Å². The van der Waals surface area contributed by atoms with Crippen molar-refractivity contribution in [2.75, 3.05) is 10.8 Å². The Labute approximate surface area is 134 Å². The Morgan fingerprint density at radius 3 is 2.48 bits per heavy atom. The zero-order chi connectivity index (χ0) is 15.2. The highest BCUT2D eigenvalue weighted by atomic mass is 35.5. The lowest BCUT2D eigenvalue weighted by molar-refractivity contribution is -0.118. The predicted molar refractivity (Wildman–Crippen MR) is 90.2 cm³/mol. The molecular weight excluding hydrogens is 304 g/mol. The van der Waals surface area contributed by atoms with Crippen molar-refractivity contribution in [3.8, 4) is 0 Å². The number of nitrogens with zero attached hydrogens (tertiary/aromatic N) is 2. The quantitative estimate of drug-likeness (QED) is 0.724. The van der Waals surface area contributed by atoms with Gasteiger partial charge in [0, 0.05) is 10.8 Å². The summed E-state index contributed by atoms with van der Waals surface area (Å²) in [5, 5.41) is 6.70. The number of halogens is 1. The Morgan fingerprint density at radius 2 is 1.86 bits per heavy atom. The second kappa shape index (κ2) is 5.18. The van der Waals surface area contributed by atoms with Gasteiger partial charge in [-0.2, -0.15) is 10.1 Å². The lowest BCUT2D eigenvalue weighted by Gasteiger charge is -2.32. The van der Waals surface area contributed by atoms with Crippen molar-refractivity contribution in [1.29, 1.82) is 0 Å². The van der Waals surface area contributed by atoms with E-state index in [0.29, 0.717) is 5.02 Å². The third kappa shape index (κ3) is 2.30. The van der Waals surface area contributed by atoms with E-state index in [1.807, 2.05) is 19.1 Å². The second-order valence-corrected chi connectivity index (χ2v) is 7.34. The molecule has 0 saturated carbocycles. The molecule has 1 atom stereocenters. The summed E-state index contributed by atoms with van der Waals surface area (Å²) in [5.74, 6) is 0.943. The Balaban J connectivity index is 1.96. The summed E-state index contributed by atoms with van der Waals surface area (Å²) < 4.78 is -0.525. The number of thioether (sulfide) groups is 1. The van der Waals surface area contributed by atoms with E-state index in [1.165, 1.54) is 16.2 Å². The minimum absolute atomic E-state index is 0.0548. The fraction of sp³-hybridized carbons (Fsp3) is 0.375. The number of hydrogen-bond acceptors (Lipinski definition) is 3. The summed E-state index contributed by atoms with van der Waals surface area (Å²) >= 11 is 7.61. The first-order chi connectivity index (χ1) is 9.94. The topological polar surface area (TPSA) is 32.7 Å². The molecule has 1 aromatic carbocycles. The SMILES string of the molecule is CC1=NN(c2ccc(Cl)cc2)C(=O)[C@@]12CC(C)=C(C)CS2. The third-order valence-corrected chi connectivity index (χ3v) is 6.16. The minimum atomic E-state index is -0.525. The molecule has 0 aromatic heterocycles. The van der Waals surface area contributed by atoms with Gasteiger partial charge in [-0.05, 0) is 51.5 Å². The third-order valence-electron chi connectivity index (χ3n) is 4.22. The van der Waals surface area contributed by atoms with Crippen LogP contribution >= 0.6 is 23.4 Å². The van der Waals surface area contributed by atoms with Crippen molar-refractivity contribution in [3.63, 3.8) is 0 Å². The zero-order valence-electron chi connectivity index (χ0n) is 12.3. The van der Waals surface area contributed by atoms with E-state index in [-0.39, 0.29) is 5.91 Å².